The van der Waals surface area contributed by atoms with Crippen LogP contribution in [0.1, 0.15) is 16.0 Å². The monoisotopic (exact) mass is 281 g/mol. The molecule has 4 nitrogen and oxygen atoms in total. The van der Waals surface area contributed by atoms with Crippen LogP contribution in [-0.2, 0) is 0 Å². The second-order valence-corrected chi connectivity index (χ2v) is 5.56. The highest BCUT2D eigenvalue weighted by Gasteiger charge is 2.14. The van der Waals surface area contributed by atoms with Gasteiger partial charge in [-0.05, 0) is 31.5 Å². The van der Waals surface area contributed by atoms with E-state index in [1.807, 2.05) is 13.0 Å². The van der Waals surface area contributed by atoms with Crippen molar-refractivity contribution < 1.29 is 4.74 Å². The van der Waals surface area contributed by atoms with Crippen molar-refractivity contribution in [3.8, 4) is 17.7 Å². The lowest BCUT2D eigenvalue weighted by atomic mass is 10.2. The van der Waals surface area contributed by atoms with Gasteiger partial charge in [0.1, 0.15) is 23.0 Å². The number of nitrogens with zero attached hydrogens (tertiary/aromatic N) is 3. The van der Waals surface area contributed by atoms with E-state index in [0.29, 0.717) is 17.2 Å². The predicted octanol–water partition coefficient (Wildman–Crippen LogP) is 3.97. The molecule has 3 aromatic rings. The SMILES string of the molecule is Cc1sc2ncnc(Oc3ccccc3C#N)c2c1C. The summed E-state index contributed by atoms with van der Waals surface area (Å²) in [5.74, 6) is 1.01. The summed E-state index contributed by atoms with van der Waals surface area (Å²) < 4.78 is 5.84. The van der Waals surface area contributed by atoms with Crippen LogP contribution in [0.3, 0.4) is 0 Å². The van der Waals surface area contributed by atoms with E-state index in [4.69, 9.17) is 10.00 Å². The lowest BCUT2D eigenvalue weighted by molar-refractivity contribution is 0.466. The number of nitriles is 1. The molecule has 5 heteroatoms. The average Bonchev–Trinajstić information content (AvgIpc) is 2.76. The molecule has 2 aromatic heterocycles. The minimum Gasteiger partial charge on any atom is -0.437 e. The number of rotatable bonds is 2. The van der Waals surface area contributed by atoms with Gasteiger partial charge in [0.15, 0.2) is 0 Å². The molecule has 0 atom stereocenters. The Kier molecular flexibility index (Phi) is 3.09. The minimum atomic E-state index is 0.490. The van der Waals surface area contributed by atoms with Crippen LogP contribution in [0, 0.1) is 25.2 Å². The number of ether oxygens (including phenoxy) is 1. The molecule has 0 aliphatic rings. The first-order valence-electron chi connectivity index (χ1n) is 6.08. The molecule has 0 saturated carbocycles. The second-order valence-electron chi connectivity index (χ2n) is 4.35. The molecule has 0 aliphatic heterocycles. The Hall–Kier alpha value is -2.45. The van der Waals surface area contributed by atoms with E-state index in [9.17, 15) is 0 Å². The fraction of sp³-hybridized carbons (Fsp3) is 0.133. The van der Waals surface area contributed by atoms with Crippen molar-refractivity contribution in [2.45, 2.75) is 13.8 Å². The number of aryl methyl sites for hydroxylation is 2. The van der Waals surface area contributed by atoms with Gasteiger partial charge < -0.3 is 4.74 Å². The van der Waals surface area contributed by atoms with Gasteiger partial charge in [-0.25, -0.2) is 9.97 Å². The van der Waals surface area contributed by atoms with Crippen molar-refractivity contribution in [1.82, 2.24) is 9.97 Å². The minimum absolute atomic E-state index is 0.490. The number of fused-ring (bicyclic) bond motifs is 1. The van der Waals surface area contributed by atoms with Crippen molar-refractivity contribution in [3.05, 3.63) is 46.6 Å². The van der Waals surface area contributed by atoms with Gasteiger partial charge in [0, 0.05) is 4.88 Å². The Morgan fingerprint density at radius 1 is 1.20 bits per heavy atom. The van der Waals surface area contributed by atoms with Crippen LogP contribution in [0.5, 0.6) is 11.6 Å². The third-order valence-corrected chi connectivity index (χ3v) is 4.26. The van der Waals surface area contributed by atoms with E-state index in [2.05, 4.69) is 23.0 Å². The van der Waals surface area contributed by atoms with E-state index in [0.717, 1.165) is 15.8 Å². The second kappa shape index (κ2) is 4.91. The van der Waals surface area contributed by atoms with Crippen LogP contribution >= 0.6 is 11.3 Å². The van der Waals surface area contributed by atoms with Crippen molar-refractivity contribution in [2.24, 2.45) is 0 Å². The van der Waals surface area contributed by atoms with Crippen LogP contribution in [-0.4, -0.2) is 9.97 Å². The lowest BCUT2D eigenvalue weighted by Gasteiger charge is -2.07. The zero-order valence-corrected chi connectivity index (χ0v) is 11.9. The van der Waals surface area contributed by atoms with Crippen molar-refractivity contribution >= 4 is 21.6 Å². The quantitative estimate of drug-likeness (QED) is 0.713. The molecule has 0 amide bonds. The molecule has 2 heterocycles. The van der Waals surface area contributed by atoms with Crippen LogP contribution in [0.2, 0.25) is 0 Å². The largest absolute Gasteiger partial charge is 0.437 e. The molecule has 0 saturated heterocycles. The van der Waals surface area contributed by atoms with Crippen LogP contribution in [0.25, 0.3) is 10.2 Å². The highest BCUT2D eigenvalue weighted by molar-refractivity contribution is 7.18. The molecule has 1 aromatic carbocycles. The molecule has 20 heavy (non-hydrogen) atoms. The number of hydrogen-bond acceptors (Lipinski definition) is 5. The molecule has 0 N–H and O–H groups in total. The molecule has 0 bridgehead atoms. The van der Waals surface area contributed by atoms with E-state index in [1.165, 1.54) is 11.2 Å². The van der Waals surface area contributed by atoms with E-state index in [-0.39, 0.29) is 0 Å². The summed E-state index contributed by atoms with van der Waals surface area (Å²) in [4.78, 5) is 10.6. The predicted molar refractivity (Wildman–Crippen MR) is 78.1 cm³/mol. The first kappa shape index (κ1) is 12.6. The molecule has 3 rings (SSSR count). The summed E-state index contributed by atoms with van der Waals surface area (Å²) in [5.41, 5.74) is 1.61. The lowest BCUT2D eigenvalue weighted by Crippen LogP contribution is -1.92. The fourth-order valence-electron chi connectivity index (χ4n) is 1.98. The van der Waals surface area contributed by atoms with Crippen molar-refractivity contribution in [2.75, 3.05) is 0 Å². The Bertz CT molecular complexity index is 833. The van der Waals surface area contributed by atoms with E-state index >= 15 is 0 Å². The molecule has 98 valence electrons. The zero-order valence-electron chi connectivity index (χ0n) is 11.0. The fourth-order valence-corrected chi connectivity index (χ4v) is 2.97. The number of thiophene rings is 1. The summed E-state index contributed by atoms with van der Waals surface area (Å²) in [6.07, 6.45) is 1.49. The molecule has 0 aliphatic carbocycles. The average molecular weight is 281 g/mol. The van der Waals surface area contributed by atoms with Gasteiger partial charge in [-0.3, -0.25) is 0 Å². The highest BCUT2D eigenvalue weighted by Crippen LogP contribution is 2.36. The van der Waals surface area contributed by atoms with E-state index in [1.54, 1.807) is 29.5 Å². The van der Waals surface area contributed by atoms with Gasteiger partial charge in [-0.2, -0.15) is 5.26 Å². The molecular weight excluding hydrogens is 270 g/mol. The third kappa shape index (κ3) is 2.00. The van der Waals surface area contributed by atoms with Gasteiger partial charge in [-0.1, -0.05) is 12.1 Å². The standard InChI is InChI=1S/C15H11N3OS/c1-9-10(2)20-15-13(9)14(17-8-18-15)19-12-6-4-3-5-11(12)7-16/h3-6,8H,1-2H3. The van der Waals surface area contributed by atoms with Crippen LogP contribution < -0.4 is 4.74 Å². The van der Waals surface area contributed by atoms with Gasteiger partial charge in [-0.15, -0.1) is 11.3 Å². The maximum Gasteiger partial charge on any atom is 0.231 e. The Morgan fingerprint density at radius 2 is 2.00 bits per heavy atom. The van der Waals surface area contributed by atoms with Crippen molar-refractivity contribution in [3.63, 3.8) is 0 Å². The summed E-state index contributed by atoms with van der Waals surface area (Å²) in [7, 11) is 0. The van der Waals surface area contributed by atoms with Gasteiger partial charge in [0.05, 0.1) is 10.9 Å². The summed E-state index contributed by atoms with van der Waals surface area (Å²) in [6.45, 7) is 4.08. The third-order valence-electron chi connectivity index (χ3n) is 3.14. The summed E-state index contributed by atoms with van der Waals surface area (Å²) >= 11 is 1.62. The van der Waals surface area contributed by atoms with Gasteiger partial charge in [0.25, 0.3) is 0 Å². The van der Waals surface area contributed by atoms with Crippen molar-refractivity contribution in [1.29, 1.82) is 5.26 Å². The van der Waals surface area contributed by atoms with Gasteiger partial charge >= 0.3 is 0 Å². The number of para-hydroxylation sites is 1. The van der Waals surface area contributed by atoms with Gasteiger partial charge in [0.2, 0.25) is 5.88 Å². The highest BCUT2D eigenvalue weighted by atomic mass is 32.1. The Morgan fingerprint density at radius 3 is 2.80 bits per heavy atom. The van der Waals surface area contributed by atoms with Crippen LogP contribution in [0.15, 0.2) is 30.6 Å². The molecule has 0 spiro atoms. The summed E-state index contributed by atoms with van der Waals surface area (Å²) in [5, 5.41) is 10.0. The summed E-state index contributed by atoms with van der Waals surface area (Å²) in [6, 6.07) is 9.24. The smallest absolute Gasteiger partial charge is 0.231 e. The molecule has 0 unspecified atom stereocenters. The van der Waals surface area contributed by atoms with E-state index < -0.39 is 0 Å². The number of benzene rings is 1. The zero-order chi connectivity index (χ0) is 14.1. The molecule has 0 radical (unpaired) electrons. The Balaban J connectivity index is 2.14. The maximum absolute atomic E-state index is 9.11. The first-order chi connectivity index (χ1) is 9.70. The molecule has 0 fully saturated rings. The van der Waals surface area contributed by atoms with Crippen LogP contribution in [0.4, 0.5) is 0 Å². The number of hydrogen-bond donors (Lipinski definition) is 0. The first-order valence-corrected chi connectivity index (χ1v) is 6.90. The topological polar surface area (TPSA) is 58.8 Å². The Labute approximate surface area is 120 Å². The maximum atomic E-state index is 9.11. The number of aromatic nitrogens is 2. The normalized spacial score (nSPS) is 10.4. The molecular formula is C15H11N3OS.